The number of hydrogen-bond acceptors (Lipinski definition) is 3. The Morgan fingerprint density at radius 1 is 1.38 bits per heavy atom. The van der Waals surface area contributed by atoms with Crippen LogP contribution in [0.5, 0.6) is 0 Å². The summed E-state index contributed by atoms with van der Waals surface area (Å²) in [4.78, 5) is 32.9. The van der Waals surface area contributed by atoms with E-state index >= 15 is 0 Å². The van der Waals surface area contributed by atoms with Crippen LogP contribution in [0.2, 0.25) is 0 Å². The van der Waals surface area contributed by atoms with Crippen molar-refractivity contribution in [1.29, 1.82) is 0 Å². The second kappa shape index (κ2) is 5.48. The molecular formula is C10H15NO5. The first-order chi connectivity index (χ1) is 7.56. The van der Waals surface area contributed by atoms with Crippen molar-refractivity contribution >= 4 is 18.3 Å². The second-order valence-corrected chi connectivity index (χ2v) is 3.96. The number of amides is 1. The van der Waals surface area contributed by atoms with Crippen LogP contribution in [0.4, 0.5) is 4.79 Å². The first-order valence-corrected chi connectivity index (χ1v) is 5.22. The molecule has 0 aromatic rings. The van der Waals surface area contributed by atoms with Gasteiger partial charge in [-0.2, -0.15) is 0 Å². The van der Waals surface area contributed by atoms with Crippen LogP contribution in [-0.4, -0.2) is 46.0 Å². The Morgan fingerprint density at radius 2 is 2.06 bits per heavy atom. The van der Waals surface area contributed by atoms with Crippen molar-refractivity contribution in [1.82, 2.24) is 4.90 Å². The molecule has 2 unspecified atom stereocenters. The molecule has 2 N–H and O–H groups in total. The number of aldehydes is 1. The number of carbonyl (C=O) groups is 3. The lowest BCUT2D eigenvalue weighted by Gasteiger charge is -2.35. The molecule has 0 bridgehead atoms. The highest BCUT2D eigenvalue weighted by Gasteiger charge is 2.35. The number of likely N-dealkylation sites (tertiary alicyclic amines) is 1. The molecule has 6 heteroatoms. The first-order valence-electron chi connectivity index (χ1n) is 5.22. The molecular weight excluding hydrogens is 214 g/mol. The number of carboxylic acid groups (broad SMARTS) is 2. The van der Waals surface area contributed by atoms with E-state index in [1.54, 1.807) is 0 Å². The van der Waals surface area contributed by atoms with E-state index in [1.807, 2.05) is 0 Å². The molecule has 0 saturated carbocycles. The third-order valence-corrected chi connectivity index (χ3v) is 2.93. The van der Waals surface area contributed by atoms with E-state index in [1.165, 1.54) is 0 Å². The maximum Gasteiger partial charge on any atom is 0.408 e. The van der Waals surface area contributed by atoms with Gasteiger partial charge < -0.3 is 15.0 Å². The lowest BCUT2D eigenvalue weighted by molar-refractivity contribution is -0.144. The van der Waals surface area contributed by atoms with E-state index in [-0.39, 0.29) is 12.5 Å². The monoisotopic (exact) mass is 229 g/mol. The van der Waals surface area contributed by atoms with Crippen LogP contribution in [0.15, 0.2) is 0 Å². The highest BCUT2D eigenvalue weighted by atomic mass is 16.4. The summed E-state index contributed by atoms with van der Waals surface area (Å²) < 4.78 is 0. The summed E-state index contributed by atoms with van der Waals surface area (Å²) in [5.74, 6) is -0.986. The third kappa shape index (κ3) is 2.95. The predicted octanol–water partition coefficient (Wildman–Crippen LogP) is 0.809. The summed E-state index contributed by atoms with van der Waals surface area (Å²) in [6.07, 6.45) is 1.59. The van der Waals surface area contributed by atoms with E-state index in [0.29, 0.717) is 25.7 Å². The third-order valence-electron chi connectivity index (χ3n) is 2.93. The smallest absolute Gasteiger partial charge is 0.408 e. The van der Waals surface area contributed by atoms with Crippen LogP contribution in [0.3, 0.4) is 0 Å². The second-order valence-electron chi connectivity index (χ2n) is 3.96. The van der Waals surface area contributed by atoms with Crippen molar-refractivity contribution in [3.8, 4) is 0 Å². The quantitative estimate of drug-likeness (QED) is 0.695. The van der Waals surface area contributed by atoms with Gasteiger partial charge in [0, 0.05) is 13.0 Å². The Balaban J connectivity index is 2.61. The van der Waals surface area contributed by atoms with E-state index in [0.717, 1.165) is 11.2 Å². The number of aliphatic carboxylic acids is 1. The van der Waals surface area contributed by atoms with Gasteiger partial charge in [0.25, 0.3) is 0 Å². The molecule has 0 spiro atoms. The minimum absolute atomic E-state index is 0.127. The van der Waals surface area contributed by atoms with Gasteiger partial charge in [0.05, 0.1) is 0 Å². The van der Waals surface area contributed by atoms with Crippen LogP contribution in [-0.2, 0) is 9.59 Å². The van der Waals surface area contributed by atoms with Gasteiger partial charge >= 0.3 is 12.1 Å². The molecule has 0 radical (unpaired) electrons. The fourth-order valence-electron chi connectivity index (χ4n) is 2.07. The summed E-state index contributed by atoms with van der Waals surface area (Å²) in [7, 11) is 0. The molecule has 1 heterocycles. The fraction of sp³-hybridized carbons (Fsp3) is 0.700. The molecule has 6 nitrogen and oxygen atoms in total. The molecule has 0 aromatic heterocycles. The molecule has 1 aliphatic heterocycles. The Labute approximate surface area is 92.9 Å². The van der Waals surface area contributed by atoms with Crippen LogP contribution >= 0.6 is 0 Å². The van der Waals surface area contributed by atoms with Gasteiger partial charge in [-0.25, -0.2) is 9.59 Å². The van der Waals surface area contributed by atoms with Crippen molar-refractivity contribution < 1.29 is 24.6 Å². The first kappa shape index (κ1) is 12.5. The predicted molar refractivity (Wildman–Crippen MR) is 54.2 cm³/mol. The summed E-state index contributed by atoms with van der Waals surface area (Å²) in [6.45, 7) is 0.232. The largest absolute Gasteiger partial charge is 0.480 e. The summed E-state index contributed by atoms with van der Waals surface area (Å²) >= 11 is 0. The number of carboxylic acids is 1. The lowest BCUT2D eigenvalue weighted by atomic mass is 9.88. The van der Waals surface area contributed by atoms with Crippen molar-refractivity contribution in [3.63, 3.8) is 0 Å². The van der Waals surface area contributed by atoms with Crippen molar-refractivity contribution in [2.75, 3.05) is 6.54 Å². The molecule has 1 saturated heterocycles. The topological polar surface area (TPSA) is 94.9 Å². The standard InChI is InChI=1S/C10H15NO5/c12-5-1-2-7-3-4-11(10(15)16)8(6-7)9(13)14/h5,7-8H,1-4,6H2,(H,13,14)(H,15,16). The molecule has 1 fully saturated rings. The van der Waals surface area contributed by atoms with Gasteiger partial charge in [-0.1, -0.05) is 0 Å². The Morgan fingerprint density at radius 3 is 2.56 bits per heavy atom. The van der Waals surface area contributed by atoms with Gasteiger partial charge in [-0.3, -0.25) is 4.90 Å². The maximum atomic E-state index is 10.9. The lowest BCUT2D eigenvalue weighted by Crippen LogP contribution is -2.49. The van der Waals surface area contributed by atoms with Crippen molar-refractivity contribution in [2.45, 2.75) is 31.7 Å². The number of piperidine rings is 1. The highest BCUT2D eigenvalue weighted by Crippen LogP contribution is 2.26. The zero-order valence-electron chi connectivity index (χ0n) is 8.83. The molecule has 1 aliphatic rings. The van der Waals surface area contributed by atoms with E-state index in [4.69, 9.17) is 10.2 Å². The minimum Gasteiger partial charge on any atom is -0.480 e. The van der Waals surface area contributed by atoms with E-state index in [9.17, 15) is 14.4 Å². The van der Waals surface area contributed by atoms with Crippen LogP contribution in [0, 0.1) is 5.92 Å². The summed E-state index contributed by atoms with van der Waals surface area (Å²) in [6, 6.07) is -0.970. The zero-order valence-corrected chi connectivity index (χ0v) is 8.83. The Hall–Kier alpha value is -1.59. The number of hydrogen-bond donors (Lipinski definition) is 2. The zero-order chi connectivity index (χ0) is 12.1. The summed E-state index contributed by atoms with van der Waals surface area (Å²) in [5.41, 5.74) is 0. The van der Waals surface area contributed by atoms with E-state index < -0.39 is 18.1 Å². The molecule has 1 amide bonds. The van der Waals surface area contributed by atoms with Gasteiger partial charge in [0.1, 0.15) is 12.3 Å². The maximum absolute atomic E-state index is 10.9. The van der Waals surface area contributed by atoms with Gasteiger partial charge in [0.2, 0.25) is 0 Å². The molecule has 1 rings (SSSR count). The number of rotatable bonds is 4. The molecule has 0 aliphatic carbocycles. The van der Waals surface area contributed by atoms with Crippen molar-refractivity contribution in [3.05, 3.63) is 0 Å². The van der Waals surface area contributed by atoms with Crippen LogP contribution in [0.1, 0.15) is 25.7 Å². The number of nitrogens with zero attached hydrogens (tertiary/aromatic N) is 1. The van der Waals surface area contributed by atoms with Crippen molar-refractivity contribution in [2.24, 2.45) is 5.92 Å². The Bertz CT molecular complexity index is 291. The Kier molecular flexibility index (Phi) is 4.28. The van der Waals surface area contributed by atoms with Crippen LogP contribution < -0.4 is 0 Å². The van der Waals surface area contributed by atoms with Gasteiger partial charge in [0.15, 0.2) is 0 Å². The van der Waals surface area contributed by atoms with Crippen LogP contribution in [0.25, 0.3) is 0 Å². The molecule has 0 aromatic carbocycles. The average molecular weight is 229 g/mol. The highest BCUT2D eigenvalue weighted by molar-refractivity contribution is 5.79. The average Bonchev–Trinajstić information content (AvgIpc) is 2.25. The van der Waals surface area contributed by atoms with Gasteiger partial charge in [-0.15, -0.1) is 0 Å². The van der Waals surface area contributed by atoms with Gasteiger partial charge in [-0.05, 0) is 25.2 Å². The summed E-state index contributed by atoms with van der Waals surface area (Å²) in [5, 5.41) is 17.8. The minimum atomic E-state index is -1.19. The molecule has 90 valence electrons. The molecule has 16 heavy (non-hydrogen) atoms. The fourth-order valence-corrected chi connectivity index (χ4v) is 2.07. The molecule has 2 atom stereocenters. The van der Waals surface area contributed by atoms with E-state index in [2.05, 4.69) is 0 Å². The SMILES string of the molecule is O=CCCC1CCN(C(=O)O)C(C(=O)O)C1. The normalized spacial score (nSPS) is 25.1. The number of carbonyl (C=O) groups excluding carboxylic acids is 1.